The van der Waals surface area contributed by atoms with Crippen LogP contribution in [0.3, 0.4) is 0 Å². The Bertz CT molecular complexity index is 436. The van der Waals surface area contributed by atoms with E-state index in [9.17, 15) is 9.90 Å². The zero-order valence-corrected chi connectivity index (χ0v) is 18.1. The fraction of sp³-hybridized carbons (Fsp3) is 0.882. The number of aliphatic imine (C=N–C) groups is 1. The molecule has 2 aliphatic rings. The van der Waals surface area contributed by atoms with E-state index >= 15 is 0 Å². The van der Waals surface area contributed by atoms with Crippen molar-refractivity contribution in [3.05, 3.63) is 0 Å². The lowest BCUT2D eigenvalue weighted by Crippen LogP contribution is -2.48. The highest BCUT2D eigenvalue weighted by atomic mass is 127. The van der Waals surface area contributed by atoms with Gasteiger partial charge in [-0.15, -0.1) is 24.0 Å². The number of carbonyl (C=O) groups is 1. The number of hydrogen-bond acceptors (Lipinski definition) is 5. The molecule has 9 heteroatoms. The molecule has 2 rings (SSSR count). The maximum Gasteiger partial charge on any atom is 0.409 e. The third-order valence-electron chi connectivity index (χ3n) is 4.84. The predicted molar refractivity (Wildman–Crippen MR) is 113 cm³/mol. The highest BCUT2D eigenvalue weighted by molar-refractivity contribution is 14.0. The van der Waals surface area contributed by atoms with Gasteiger partial charge in [0.1, 0.15) is 0 Å². The first-order valence-electron chi connectivity index (χ1n) is 9.47. The maximum atomic E-state index is 11.7. The van der Waals surface area contributed by atoms with Crippen molar-refractivity contribution in [3.8, 4) is 0 Å². The summed E-state index contributed by atoms with van der Waals surface area (Å²) in [6, 6.07) is 0.262. The van der Waals surface area contributed by atoms with Crippen molar-refractivity contribution >= 4 is 36.0 Å². The van der Waals surface area contributed by atoms with Crippen LogP contribution in [0.4, 0.5) is 4.79 Å². The number of carbonyl (C=O) groups excluding carboxylic acids is 1. The van der Waals surface area contributed by atoms with E-state index in [1.54, 1.807) is 4.90 Å². The second-order valence-electron chi connectivity index (χ2n) is 6.80. The molecule has 0 bridgehead atoms. The summed E-state index contributed by atoms with van der Waals surface area (Å²) in [4.78, 5) is 20.2. The number of rotatable bonds is 6. The number of aliphatic hydroxyl groups is 1. The van der Waals surface area contributed by atoms with E-state index in [1.165, 1.54) is 0 Å². The molecule has 2 fully saturated rings. The Morgan fingerprint density at radius 1 is 1.23 bits per heavy atom. The summed E-state index contributed by atoms with van der Waals surface area (Å²) >= 11 is 0. The molecule has 0 radical (unpaired) electrons. The van der Waals surface area contributed by atoms with Crippen molar-refractivity contribution in [2.45, 2.75) is 51.2 Å². The van der Waals surface area contributed by atoms with Gasteiger partial charge in [-0.1, -0.05) is 0 Å². The van der Waals surface area contributed by atoms with Crippen LogP contribution < -0.4 is 11.1 Å². The lowest BCUT2D eigenvalue weighted by molar-refractivity contribution is 0.0824. The third-order valence-corrected chi connectivity index (χ3v) is 4.84. The Morgan fingerprint density at radius 2 is 1.88 bits per heavy atom. The molecule has 1 amide bonds. The molecule has 0 aromatic carbocycles. The molecule has 26 heavy (non-hydrogen) atoms. The Hall–Kier alpha value is -0.810. The maximum absolute atomic E-state index is 11.7. The Kier molecular flexibility index (Phi) is 11.2. The molecule has 152 valence electrons. The summed E-state index contributed by atoms with van der Waals surface area (Å²) < 4.78 is 5.02. The topological polar surface area (TPSA) is 103 Å². The van der Waals surface area contributed by atoms with E-state index in [2.05, 4.69) is 15.2 Å². The van der Waals surface area contributed by atoms with Gasteiger partial charge in [-0.25, -0.2) is 4.79 Å². The molecule has 2 aliphatic heterocycles. The van der Waals surface area contributed by atoms with Crippen molar-refractivity contribution in [1.82, 2.24) is 15.1 Å². The van der Waals surface area contributed by atoms with E-state index < -0.39 is 0 Å². The second-order valence-corrected chi connectivity index (χ2v) is 6.80. The van der Waals surface area contributed by atoms with Gasteiger partial charge in [0.15, 0.2) is 5.96 Å². The van der Waals surface area contributed by atoms with Crippen molar-refractivity contribution in [2.24, 2.45) is 10.7 Å². The summed E-state index contributed by atoms with van der Waals surface area (Å²) in [6.45, 7) is 7.25. The molecule has 4 N–H and O–H groups in total. The van der Waals surface area contributed by atoms with Crippen molar-refractivity contribution in [1.29, 1.82) is 0 Å². The van der Waals surface area contributed by atoms with Crippen molar-refractivity contribution < 1.29 is 14.6 Å². The SMILES string of the molecule is CCOC(=O)N1CCC(NC(N)=NCCCN2CCC(O)CC2)CC1.I. The van der Waals surface area contributed by atoms with Gasteiger partial charge in [0.25, 0.3) is 0 Å². The van der Waals surface area contributed by atoms with Gasteiger partial charge < -0.3 is 30.7 Å². The molecule has 0 spiro atoms. The minimum atomic E-state index is -0.229. The number of nitrogens with two attached hydrogens (primary N) is 1. The molecule has 8 nitrogen and oxygen atoms in total. The fourth-order valence-corrected chi connectivity index (χ4v) is 3.31. The zero-order chi connectivity index (χ0) is 18.1. The van der Waals surface area contributed by atoms with Crippen LogP contribution >= 0.6 is 24.0 Å². The normalized spacial score (nSPS) is 20.5. The first-order chi connectivity index (χ1) is 12.1. The summed E-state index contributed by atoms with van der Waals surface area (Å²) in [5, 5.41) is 12.8. The first-order valence-corrected chi connectivity index (χ1v) is 9.47. The van der Waals surface area contributed by atoms with Crippen molar-refractivity contribution in [2.75, 3.05) is 45.9 Å². The van der Waals surface area contributed by atoms with Gasteiger partial charge in [-0.3, -0.25) is 4.99 Å². The van der Waals surface area contributed by atoms with Gasteiger partial charge >= 0.3 is 6.09 Å². The number of hydrogen-bond donors (Lipinski definition) is 3. The molecule has 0 aromatic rings. The predicted octanol–water partition coefficient (Wildman–Crippen LogP) is 0.976. The summed E-state index contributed by atoms with van der Waals surface area (Å²) in [6.07, 6.45) is 4.07. The minimum Gasteiger partial charge on any atom is -0.450 e. The van der Waals surface area contributed by atoms with E-state index in [0.717, 1.165) is 51.7 Å². The average Bonchev–Trinajstić information content (AvgIpc) is 2.61. The smallest absolute Gasteiger partial charge is 0.409 e. The number of likely N-dealkylation sites (tertiary alicyclic amines) is 2. The summed E-state index contributed by atoms with van der Waals surface area (Å²) in [5.41, 5.74) is 5.97. The number of amides is 1. The van der Waals surface area contributed by atoms with Crippen LogP contribution in [0.5, 0.6) is 0 Å². The molecule has 2 heterocycles. The Labute approximate surface area is 173 Å². The van der Waals surface area contributed by atoms with Gasteiger partial charge in [-0.2, -0.15) is 0 Å². The van der Waals surface area contributed by atoms with Crippen LogP contribution in [0.25, 0.3) is 0 Å². The quantitative estimate of drug-likeness (QED) is 0.225. The first kappa shape index (κ1) is 23.2. The lowest BCUT2D eigenvalue weighted by atomic mass is 10.1. The molecule has 0 saturated carbocycles. The molecule has 2 saturated heterocycles. The van der Waals surface area contributed by atoms with Gasteiger partial charge in [0.05, 0.1) is 12.7 Å². The van der Waals surface area contributed by atoms with E-state index in [-0.39, 0.29) is 42.2 Å². The Balaban J connectivity index is 0.00000338. The van der Waals surface area contributed by atoms with Crippen LogP contribution in [0.15, 0.2) is 4.99 Å². The standard InChI is InChI=1S/C17H33N5O3.HI/c1-2-25-17(24)22-12-4-14(5-13-22)20-16(18)19-8-3-9-21-10-6-15(23)7-11-21;/h14-15,23H,2-13H2,1H3,(H3,18,19,20);1H. The average molecular weight is 483 g/mol. The number of nitrogens with zero attached hydrogens (tertiary/aromatic N) is 3. The molecule has 0 aliphatic carbocycles. The van der Waals surface area contributed by atoms with E-state index in [0.29, 0.717) is 32.2 Å². The second kappa shape index (κ2) is 12.6. The molecule has 0 atom stereocenters. The number of piperidine rings is 2. The van der Waals surface area contributed by atoms with Gasteiger partial charge in [-0.05, 0) is 45.6 Å². The third kappa shape index (κ3) is 8.26. The minimum absolute atomic E-state index is 0. The Morgan fingerprint density at radius 3 is 2.50 bits per heavy atom. The van der Waals surface area contributed by atoms with Crippen LogP contribution in [-0.4, -0.2) is 85.0 Å². The number of nitrogens with one attached hydrogen (secondary N) is 1. The van der Waals surface area contributed by atoms with E-state index in [1.807, 2.05) is 6.92 Å². The van der Waals surface area contributed by atoms with Gasteiger partial charge in [0, 0.05) is 38.8 Å². The van der Waals surface area contributed by atoms with Crippen molar-refractivity contribution in [3.63, 3.8) is 0 Å². The monoisotopic (exact) mass is 483 g/mol. The van der Waals surface area contributed by atoms with Crippen LogP contribution in [-0.2, 0) is 4.74 Å². The summed E-state index contributed by atoms with van der Waals surface area (Å²) in [7, 11) is 0. The highest BCUT2D eigenvalue weighted by Gasteiger charge is 2.23. The molecule has 0 aromatic heterocycles. The fourth-order valence-electron chi connectivity index (χ4n) is 3.31. The number of ether oxygens (including phenoxy) is 1. The van der Waals surface area contributed by atoms with Crippen LogP contribution in [0.2, 0.25) is 0 Å². The van der Waals surface area contributed by atoms with Crippen LogP contribution in [0, 0.1) is 0 Å². The molecular formula is C17H34IN5O3. The number of guanidine groups is 1. The van der Waals surface area contributed by atoms with Gasteiger partial charge in [0.2, 0.25) is 0 Å². The molecule has 0 unspecified atom stereocenters. The number of halogens is 1. The largest absolute Gasteiger partial charge is 0.450 e. The number of aliphatic hydroxyl groups excluding tert-OH is 1. The van der Waals surface area contributed by atoms with Crippen LogP contribution in [0.1, 0.15) is 39.0 Å². The summed E-state index contributed by atoms with van der Waals surface area (Å²) in [5.74, 6) is 0.489. The highest BCUT2D eigenvalue weighted by Crippen LogP contribution is 2.12. The van der Waals surface area contributed by atoms with E-state index in [4.69, 9.17) is 10.5 Å². The molecular weight excluding hydrogens is 449 g/mol. The lowest BCUT2D eigenvalue weighted by Gasteiger charge is -2.31. The zero-order valence-electron chi connectivity index (χ0n) is 15.7.